The smallest absolute Gasteiger partial charge is 0.128 e. The summed E-state index contributed by atoms with van der Waals surface area (Å²) in [4.78, 5) is 8.38. The standard InChI is InChI=1S/C14H16N2O/c1-2-3-10-17-14-7-5-4-6-12(14)13-11-15-8-9-16-13/h4-9,11H,2-3,10H2,1H3. The van der Waals surface area contributed by atoms with Gasteiger partial charge in [-0.05, 0) is 18.6 Å². The van der Waals surface area contributed by atoms with E-state index in [2.05, 4.69) is 16.9 Å². The Morgan fingerprint density at radius 1 is 1.18 bits per heavy atom. The van der Waals surface area contributed by atoms with Gasteiger partial charge in [-0.2, -0.15) is 0 Å². The molecule has 0 saturated carbocycles. The zero-order valence-electron chi connectivity index (χ0n) is 9.97. The third-order valence-electron chi connectivity index (χ3n) is 2.48. The number of aromatic nitrogens is 2. The van der Waals surface area contributed by atoms with E-state index in [4.69, 9.17) is 4.74 Å². The van der Waals surface area contributed by atoms with Gasteiger partial charge in [0.25, 0.3) is 0 Å². The summed E-state index contributed by atoms with van der Waals surface area (Å²) >= 11 is 0. The molecule has 2 aromatic rings. The van der Waals surface area contributed by atoms with Crippen molar-refractivity contribution in [3.8, 4) is 17.0 Å². The van der Waals surface area contributed by atoms with Crippen LogP contribution >= 0.6 is 0 Å². The second kappa shape index (κ2) is 5.99. The Balaban J connectivity index is 2.22. The molecule has 0 amide bonds. The normalized spacial score (nSPS) is 10.2. The van der Waals surface area contributed by atoms with E-state index in [0.29, 0.717) is 0 Å². The molecule has 0 bridgehead atoms. The highest BCUT2D eigenvalue weighted by Gasteiger charge is 2.06. The molecule has 3 heteroatoms. The monoisotopic (exact) mass is 228 g/mol. The van der Waals surface area contributed by atoms with Gasteiger partial charge in [-0.25, -0.2) is 0 Å². The second-order valence-corrected chi connectivity index (χ2v) is 3.79. The van der Waals surface area contributed by atoms with E-state index in [-0.39, 0.29) is 0 Å². The number of para-hydroxylation sites is 1. The molecule has 0 spiro atoms. The summed E-state index contributed by atoms with van der Waals surface area (Å²) in [5, 5.41) is 0. The highest BCUT2D eigenvalue weighted by atomic mass is 16.5. The summed E-state index contributed by atoms with van der Waals surface area (Å²) in [6.45, 7) is 2.89. The molecule has 3 nitrogen and oxygen atoms in total. The number of hydrogen-bond donors (Lipinski definition) is 0. The maximum atomic E-state index is 5.76. The van der Waals surface area contributed by atoms with Crippen LogP contribution in [0.4, 0.5) is 0 Å². The maximum Gasteiger partial charge on any atom is 0.128 e. The van der Waals surface area contributed by atoms with Gasteiger partial charge in [-0.1, -0.05) is 25.5 Å². The van der Waals surface area contributed by atoms with Gasteiger partial charge in [0.15, 0.2) is 0 Å². The third-order valence-corrected chi connectivity index (χ3v) is 2.48. The molecule has 1 heterocycles. The molecule has 17 heavy (non-hydrogen) atoms. The molecular weight excluding hydrogens is 212 g/mol. The van der Waals surface area contributed by atoms with Crippen LogP contribution in [-0.4, -0.2) is 16.6 Å². The van der Waals surface area contributed by atoms with Crippen LogP contribution in [-0.2, 0) is 0 Å². The number of ether oxygens (including phenoxy) is 1. The summed E-state index contributed by atoms with van der Waals surface area (Å²) in [6.07, 6.45) is 7.31. The van der Waals surface area contributed by atoms with Gasteiger partial charge in [0.05, 0.1) is 18.5 Å². The van der Waals surface area contributed by atoms with E-state index in [9.17, 15) is 0 Å². The highest BCUT2D eigenvalue weighted by molar-refractivity contribution is 5.66. The Hall–Kier alpha value is -1.90. The van der Waals surface area contributed by atoms with Crippen LogP contribution < -0.4 is 4.74 Å². The topological polar surface area (TPSA) is 35.0 Å². The summed E-state index contributed by atoms with van der Waals surface area (Å²) in [5.74, 6) is 0.876. The lowest BCUT2D eigenvalue weighted by Gasteiger charge is -2.10. The van der Waals surface area contributed by atoms with Gasteiger partial charge < -0.3 is 4.74 Å². The number of rotatable bonds is 5. The van der Waals surface area contributed by atoms with Gasteiger partial charge in [-0.15, -0.1) is 0 Å². The molecular formula is C14H16N2O. The Labute approximate surface area is 102 Å². The van der Waals surface area contributed by atoms with Gasteiger partial charge in [0, 0.05) is 18.0 Å². The van der Waals surface area contributed by atoms with Crippen LogP contribution in [0.1, 0.15) is 19.8 Å². The fraction of sp³-hybridized carbons (Fsp3) is 0.286. The molecule has 2 rings (SSSR count). The van der Waals surface area contributed by atoms with Crippen LogP contribution in [0.3, 0.4) is 0 Å². The van der Waals surface area contributed by atoms with Crippen molar-refractivity contribution in [2.75, 3.05) is 6.61 Å². The first-order chi connectivity index (χ1) is 8.42. The Kier molecular flexibility index (Phi) is 4.08. The lowest BCUT2D eigenvalue weighted by molar-refractivity contribution is 0.310. The van der Waals surface area contributed by atoms with E-state index in [1.807, 2.05) is 24.3 Å². The Morgan fingerprint density at radius 3 is 2.82 bits per heavy atom. The van der Waals surface area contributed by atoms with Crippen LogP contribution in [0.5, 0.6) is 5.75 Å². The number of hydrogen-bond acceptors (Lipinski definition) is 3. The van der Waals surface area contributed by atoms with Crippen molar-refractivity contribution in [2.24, 2.45) is 0 Å². The van der Waals surface area contributed by atoms with Crippen molar-refractivity contribution in [1.82, 2.24) is 9.97 Å². The predicted octanol–water partition coefficient (Wildman–Crippen LogP) is 3.32. The quantitative estimate of drug-likeness (QED) is 0.736. The Morgan fingerprint density at radius 2 is 2.06 bits per heavy atom. The van der Waals surface area contributed by atoms with Crippen LogP contribution in [0.25, 0.3) is 11.3 Å². The van der Waals surface area contributed by atoms with Crippen molar-refractivity contribution in [3.05, 3.63) is 42.9 Å². The zero-order chi connectivity index (χ0) is 11.9. The molecule has 0 unspecified atom stereocenters. The average Bonchev–Trinajstić information content (AvgIpc) is 2.41. The maximum absolute atomic E-state index is 5.76. The number of unbranched alkanes of at least 4 members (excludes halogenated alkanes) is 1. The summed E-state index contributed by atoms with van der Waals surface area (Å²) in [7, 11) is 0. The first-order valence-electron chi connectivity index (χ1n) is 5.90. The summed E-state index contributed by atoms with van der Waals surface area (Å²) in [6, 6.07) is 7.93. The molecule has 1 aromatic heterocycles. The predicted molar refractivity (Wildman–Crippen MR) is 67.9 cm³/mol. The zero-order valence-corrected chi connectivity index (χ0v) is 9.97. The largest absolute Gasteiger partial charge is 0.493 e. The molecule has 0 N–H and O–H groups in total. The van der Waals surface area contributed by atoms with Crippen molar-refractivity contribution >= 4 is 0 Å². The minimum absolute atomic E-state index is 0.744. The molecule has 0 aliphatic rings. The minimum Gasteiger partial charge on any atom is -0.493 e. The second-order valence-electron chi connectivity index (χ2n) is 3.79. The molecule has 0 fully saturated rings. The fourth-order valence-corrected chi connectivity index (χ4v) is 1.57. The molecule has 1 aromatic carbocycles. The molecule has 88 valence electrons. The first kappa shape index (κ1) is 11.6. The third kappa shape index (κ3) is 3.03. The van der Waals surface area contributed by atoms with Gasteiger partial charge in [-0.3, -0.25) is 9.97 Å². The molecule has 0 atom stereocenters. The highest BCUT2D eigenvalue weighted by Crippen LogP contribution is 2.27. The first-order valence-corrected chi connectivity index (χ1v) is 5.90. The lowest BCUT2D eigenvalue weighted by Crippen LogP contribution is -1.98. The van der Waals surface area contributed by atoms with Crippen molar-refractivity contribution in [2.45, 2.75) is 19.8 Å². The molecule has 0 radical (unpaired) electrons. The number of benzene rings is 1. The van der Waals surface area contributed by atoms with Crippen molar-refractivity contribution < 1.29 is 4.74 Å². The average molecular weight is 228 g/mol. The molecule has 0 saturated heterocycles. The van der Waals surface area contributed by atoms with Gasteiger partial charge >= 0.3 is 0 Å². The van der Waals surface area contributed by atoms with Gasteiger partial charge in [0.2, 0.25) is 0 Å². The van der Waals surface area contributed by atoms with Crippen LogP contribution in [0, 0.1) is 0 Å². The van der Waals surface area contributed by atoms with E-state index in [0.717, 1.165) is 36.5 Å². The lowest BCUT2D eigenvalue weighted by atomic mass is 10.1. The van der Waals surface area contributed by atoms with E-state index >= 15 is 0 Å². The summed E-state index contributed by atoms with van der Waals surface area (Å²) in [5.41, 5.74) is 1.84. The van der Waals surface area contributed by atoms with Gasteiger partial charge in [0.1, 0.15) is 5.75 Å². The van der Waals surface area contributed by atoms with Crippen molar-refractivity contribution in [1.29, 1.82) is 0 Å². The Bertz CT molecular complexity index is 457. The van der Waals surface area contributed by atoms with E-state index in [1.54, 1.807) is 18.6 Å². The SMILES string of the molecule is CCCCOc1ccccc1-c1cnccn1. The number of nitrogens with zero attached hydrogens (tertiary/aromatic N) is 2. The molecule has 0 aliphatic carbocycles. The van der Waals surface area contributed by atoms with Crippen molar-refractivity contribution in [3.63, 3.8) is 0 Å². The van der Waals surface area contributed by atoms with E-state index < -0.39 is 0 Å². The van der Waals surface area contributed by atoms with Crippen LogP contribution in [0.2, 0.25) is 0 Å². The minimum atomic E-state index is 0.744. The van der Waals surface area contributed by atoms with Crippen LogP contribution in [0.15, 0.2) is 42.9 Å². The summed E-state index contributed by atoms with van der Waals surface area (Å²) < 4.78 is 5.76. The fourth-order valence-electron chi connectivity index (χ4n) is 1.57. The molecule has 0 aliphatic heterocycles. The van der Waals surface area contributed by atoms with E-state index in [1.165, 1.54) is 0 Å².